The summed E-state index contributed by atoms with van der Waals surface area (Å²) >= 11 is 0. The molecular weight excluding hydrogens is 338 g/mol. The van der Waals surface area contributed by atoms with Crippen LogP contribution in [0.15, 0.2) is 12.7 Å². The van der Waals surface area contributed by atoms with Crippen molar-refractivity contribution in [1.29, 1.82) is 0 Å². The van der Waals surface area contributed by atoms with E-state index >= 15 is 0 Å². The Hall–Kier alpha value is -1.43. The van der Waals surface area contributed by atoms with Crippen LogP contribution >= 0.6 is 0 Å². The van der Waals surface area contributed by atoms with Crippen LogP contribution in [-0.4, -0.2) is 63.2 Å². The van der Waals surface area contributed by atoms with E-state index in [0.29, 0.717) is 17.7 Å². The molecule has 6 nitrogen and oxygen atoms in total. The number of rotatable bonds is 6. The first-order valence-electron chi connectivity index (χ1n) is 11.1. The molecule has 1 aliphatic carbocycles. The van der Waals surface area contributed by atoms with Crippen molar-refractivity contribution in [3.63, 3.8) is 0 Å². The molecule has 0 bridgehead atoms. The largest absolute Gasteiger partial charge is 0.342 e. The van der Waals surface area contributed by atoms with Gasteiger partial charge in [0.25, 0.3) is 0 Å². The molecule has 1 saturated carbocycles. The van der Waals surface area contributed by atoms with Gasteiger partial charge in [0.15, 0.2) is 0 Å². The minimum Gasteiger partial charge on any atom is -0.342 e. The molecule has 1 aromatic heterocycles. The molecule has 0 aromatic carbocycles. The summed E-state index contributed by atoms with van der Waals surface area (Å²) in [5.74, 6) is 1.25. The summed E-state index contributed by atoms with van der Waals surface area (Å²) in [6.07, 6.45) is 15.7. The molecule has 3 heterocycles. The van der Waals surface area contributed by atoms with Crippen LogP contribution in [0.25, 0.3) is 0 Å². The Morgan fingerprint density at radius 3 is 2.78 bits per heavy atom. The van der Waals surface area contributed by atoms with E-state index in [1.54, 1.807) is 12.7 Å². The minimum absolute atomic E-state index is 0.330. The van der Waals surface area contributed by atoms with Crippen molar-refractivity contribution >= 4 is 5.91 Å². The highest BCUT2D eigenvalue weighted by Gasteiger charge is 2.42. The average molecular weight is 374 g/mol. The van der Waals surface area contributed by atoms with Crippen molar-refractivity contribution in [3.05, 3.63) is 12.7 Å². The van der Waals surface area contributed by atoms with Crippen LogP contribution in [-0.2, 0) is 11.3 Å². The van der Waals surface area contributed by atoms with Crippen LogP contribution in [0.5, 0.6) is 0 Å². The number of nitrogens with zero attached hydrogens (tertiary/aromatic N) is 5. The minimum atomic E-state index is 0.330. The fraction of sp³-hybridized carbons (Fsp3) is 0.857. The van der Waals surface area contributed by atoms with Gasteiger partial charge in [-0.15, -0.1) is 0 Å². The van der Waals surface area contributed by atoms with Crippen LogP contribution in [0.3, 0.4) is 0 Å². The predicted octanol–water partition coefficient (Wildman–Crippen LogP) is 2.95. The number of amides is 1. The molecule has 0 N–H and O–H groups in total. The first-order valence-corrected chi connectivity index (χ1v) is 11.1. The second-order valence-corrected chi connectivity index (χ2v) is 9.17. The lowest BCUT2D eigenvalue weighted by atomic mass is 9.78. The molecular formula is C21H35N5O. The van der Waals surface area contributed by atoms with Gasteiger partial charge < -0.3 is 9.80 Å². The molecule has 1 aromatic rings. The molecule has 1 spiro atoms. The van der Waals surface area contributed by atoms with Crippen molar-refractivity contribution in [1.82, 2.24) is 24.6 Å². The number of aryl methyl sites for hydroxylation is 1. The lowest BCUT2D eigenvalue weighted by Gasteiger charge is -2.42. The van der Waals surface area contributed by atoms with Crippen molar-refractivity contribution in [2.75, 3.05) is 32.7 Å². The molecule has 3 fully saturated rings. The van der Waals surface area contributed by atoms with Gasteiger partial charge in [-0.25, -0.2) is 4.98 Å². The molecule has 2 saturated heterocycles. The Morgan fingerprint density at radius 2 is 1.96 bits per heavy atom. The van der Waals surface area contributed by atoms with Gasteiger partial charge in [-0.2, -0.15) is 5.10 Å². The van der Waals surface area contributed by atoms with E-state index in [1.165, 1.54) is 71.0 Å². The van der Waals surface area contributed by atoms with Gasteiger partial charge >= 0.3 is 0 Å². The molecule has 2 aliphatic heterocycles. The zero-order chi connectivity index (χ0) is 18.5. The lowest BCUT2D eigenvalue weighted by molar-refractivity contribution is -0.130. The topological polar surface area (TPSA) is 54.3 Å². The number of aromatic nitrogens is 3. The maximum absolute atomic E-state index is 12.7. The second kappa shape index (κ2) is 8.72. The van der Waals surface area contributed by atoms with E-state index in [4.69, 9.17) is 0 Å². The Morgan fingerprint density at radius 1 is 1.07 bits per heavy atom. The van der Waals surface area contributed by atoms with Crippen LogP contribution in [0.1, 0.15) is 64.2 Å². The van der Waals surface area contributed by atoms with Crippen molar-refractivity contribution in [2.24, 2.45) is 11.3 Å². The summed E-state index contributed by atoms with van der Waals surface area (Å²) in [5.41, 5.74) is 0.370. The number of carbonyl (C=O) groups is 1. The molecule has 1 unspecified atom stereocenters. The Balaban J connectivity index is 1.23. The molecule has 150 valence electrons. The van der Waals surface area contributed by atoms with E-state index in [2.05, 4.69) is 19.9 Å². The van der Waals surface area contributed by atoms with E-state index in [-0.39, 0.29) is 0 Å². The Kier molecular flexibility index (Phi) is 6.11. The fourth-order valence-corrected chi connectivity index (χ4v) is 5.58. The van der Waals surface area contributed by atoms with Crippen molar-refractivity contribution < 1.29 is 4.79 Å². The van der Waals surface area contributed by atoms with Crippen molar-refractivity contribution in [2.45, 2.75) is 70.8 Å². The highest BCUT2D eigenvalue weighted by atomic mass is 16.2. The predicted molar refractivity (Wildman–Crippen MR) is 105 cm³/mol. The van der Waals surface area contributed by atoms with Gasteiger partial charge in [0.05, 0.1) is 0 Å². The van der Waals surface area contributed by atoms with Crippen LogP contribution in [0.2, 0.25) is 0 Å². The summed E-state index contributed by atoms with van der Waals surface area (Å²) in [6, 6.07) is 0. The molecule has 6 heteroatoms. The van der Waals surface area contributed by atoms with E-state index in [1.807, 2.05) is 4.68 Å². The van der Waals surface area contributed by atoms with Gasteiger partial charge in [-0.1, -0.05) is 19.3 Å². The lowest BCUT2D eigenvalue weighted by Crippen LogP contribution is -2.47. The third-order valence-electron chi connectivity index (χ3n) is 7.02. The van der Waals surface area contributed by atoms with Crippen molar-refractivity contribution in [3.8, 4) is 0 Å². The van der Waals surface area contributed by atoms with E-state index in [0.717, 1.165) is 32.0 Å². The standard InChI is InChI=1S/C21H35N5O/c27-20(8-4-12-26-18-22-17-23-26)25-13-10-21(16-25)9-5-11-24(15-21)14-19-6-2-1-3-7-19/h17-19H,1-16H2. The first-order chi connectivity index (χ1) is 13.2. The SMILES string of the molecule is O=C(CCCn1cncn1)N1CCC2(CCCN(CC3CCCCC3)C2)C1. The maximum Gasteiger partial charge on any atom is 0.222 e. The summed E-state index contributed by atoms with van der Waals surface area (Å²) in [6.45, 7) is 6.50. The highest BCUT2D eigenvalue weighted by molar-refractivity contribution is 5.76. The fourth-order valence-electron chi connectivity index (χ4n) is 5.58. The third-order valence-corrected chi connectivity index (χ3v) is 7.02. The van der Waals surface area contributed by atoms with E-state index in [9.17, 15) is 4.79 Å². The average Bonchev–Trinajstić information content (AvgIpc) is 3.33. The van der Waals surface area contributed by atoms with Crippen LogP contribution in [0.4, 0.5) is 0 Å². The first kappa shape index (κ1) is 18.9. The van der Waals surface area contributed by atoms with Gasteiger partial charge in [0.2, 0.25) is 5.91 Å². The van der Waals surface area contributed by atoms with Gasteiger partial charge in [-0.05, 0) is 51.0 Å². The summed E-state index contributed by atoms with van der Waals surface area (Å²) < 4.78 is 1.81. The number of hydrogen-bond donors (Lipinski definition) is 0. The smallest absolute Gasteiger partial charge is 0.222 e. The maximum atomic E-state index is 12.7. The van der Waals surface area contributed by atoms with Gasteiger partial charge in [0.1, 0.15) is 12.7 Å². The molecule has 4 rings (SSSR count). The normalized spacial score (nSPS) is 27.5. The molecule has 27 heavy (non-hydrogen) atoms. The quantitative estimate of drug-likeness (QED) is 0.769. The summed E-state index contributed by atoms with van der Waals surface area (Å²) in [5, 5.41) is 4.11. The molecule has 3 aliphatic rings. The molecule has 0 radical (unpaired) electrons. The van der Waals surface area contributed by atoms with Gasteiger partial charge in [-0.3, -0.25) is 9.48 Å². The molecule has 1 amide bonds. The number of hydrogen-bond acceptors (Lipinski definition) is 4. The summed E-state index contributed by atoms with van der Waals surface area (Å²) in [7, 11) is 0. The summed E-state index contributed by atoms with van der Waals surface area (Å²) in [4.78, 5) is 21.5. The Labute approximate surface area is 163 Å². The monoisotopic (exact) mass is 373 g/mol. The highest BCUT2D eigenvalue weighted by Crippen LogP contribution is 2.40. The van der Waals surface area contributed by atoms with Gasteiger partial charge in [0, 0.05) is 44.6 Å². The van der Waals surface area contributed by atoms with E-state index < -0.39 is 0 Å². The molecule has 1 atom stereocenters. The number of likely N-dealkylation sites (tertiary alicyclic amines) is 2. The Bertz CT molecular complexity index is 598. The second-order valence-electron chi connectivity index (χ2n) is 9.17. The zero-order valence-electron chi connectivity index (χ0n) is 16.7. The third kappa shape index (κ3) is 4.89. The number of carbonyl (C=O) groups excluding carboxylic acids is 1. The zero-order valence-corrected chi connectivity index (χ0v) is 16.7. The van der Waals surface area contributed by atoms with Crippen LogP contribution < -0.4 is 0 Å². The van der Waals surface area contributed by atoms with Crippen LogP contribution in [0, 0.1) is 11.3 Å². The number of piperidine rings is 1.